The second-order valence-corrected chi connectivity index (χ2v) is 2.10. The average molecular weight is 138 g/mol. The molecular weight excluding hydrogens is 126 g/mol. The van der Waals surface area contributed by atoms with Gasteiger partial charge in [0.25, 0.3) is 0 Å². The van der Waals surface area contributed by atoms with Crippen molar-refractivity contribution in [1.29, 1.82) is 0 Å². The Morgan fingerprint density at radius 2 is 2.40 bits per heavy atom. The molecule has 0 fully saturated rings. The maximum atomic E-state index is 5.12. The summed E-state index contributed by atoms with van der Waals surface area (Å²) in [5.41, 5.74) is 0. The number of ether oxygens (including phenoxy) is 1. The van der Waals surface area contributed by atoms with Crippen LogP contribution in [0, 0.1) is 6.23 Å². The second kappa shape index (κ2) is 4.12. The standard InChI is InChI=1S/C8H12NO/c1-2-6-9-8-5-3-4-7-10-8/h3-5,7,9H,2,6H2,1H3. The molecule has 1 rings (SSSR count). The first-order chi connectivity index (χ1) is 4.93. The summed E-state index contributed by atoms with van der Waals surface area (Å²) in [5, 5.41) is 3.13. The minimum Gasteiger partial charge on any atom is -0.471 e. The first-order valence-electron chi connectivity index (χ1n) is 3.54. The predicted molar refractivity (Wildman–Crippen MR) is 40.9 cm³/mol. The second-order valence-electron chi connectivity index (χ2n) is 2.10. The van der Waals surface area contributed by atoms with E-state index >= 15 is 0 Å². The molecule has 1 heterocycles. The third-order valence-corrected chi connectivity index (χ3v) is 1.18. The van der Waals surface area contributed by atoms with Gasteiger partial charge in [-0.3, -0.25) is 5.32 Å². The van der Waals surface area contributed by atoms with Gasteiger partial charge < -0.3 is 4.74 Å². The summed E-state index contributed by atoms with van der Waals surface area (Å²) in [5.74, 6) is 0. The molecule has 0 aromatic rings. The Labute approximate surface area is 61.6 Å². The number of hydrogen-bond donors (Lipinski definition) is 1. The quantitative estimate of drug-likeness (QED) is 0.639. The van der Waals surface area contributed by atoms with Crippen LogP contribution in [0.5, 0.6) is 0 Å². The highest BCUT2D eigenvalue weighted by molar-refractivity contribution is 5.14. The van der Waals surface area contributed by atoms with E-state index in [-0.39, 0.29) is 0 Å². The van der Waals surface area contributed by atoms with E-state index in [0.29, 0.717) is 0 Å². The van der Waals surface area contributed by atoms with Gasteiger partial charge in [0.15, 0.2) is 0 Å². The Kier molecular flexibility index (Phi) is 3.03. The van der Waals surface area contributed by atoms with Gasteiger partial charge in [0.2, 0.25) is 6.23 Å². The topological polar surface area (TPSA) is 21.3 Å². The van der Waals surface area contributed by atoms with Crippen molar-refractivity contribution in [3.63, 3.8) is 0 Å². The smallest absolute Gasteiger partial charge is 0.237 e. The Balaban J connectivity index is 2.17. The normalized spacial score (nSPS) is 17.3. The van der Waals surface area contributed by atoms with Gasteiger partial charge in [0.05, 0.1) is 6.26 Å². The fraction of sp³-hybridized carbons (Fsp3) is 0.375. The fourth-order valence-corrected chi connectivity index (χ4v) is 0.689. The van der Waals surface area contributed by atoms with Crippen LogP contribution in [0.2, 0.25) is 0 Å². The molecular formula is C8H12NO. The van der Waals surface area contributed by atoms with Gasteiger partial charge in [-0.2, -0.15) is 0 Å². The molecule has 55 valence electrons. The van der Waals surface area contributed by atoms with Gasteiger partial charge in [0.1, 0.15) is 0 Å². The molecule has 0 aromatic carbocycles. The minimum atomic E-state index is 0.837. The summed E-state index contributed by atoms with van der Waals surface area (Å²) in [6.07, 6.45) is 9.33. The van der Waals surface area contributed by atoms with Crippen molar-refractivity contribution in [1.82, 2.24) is 5.32 Å². The maximum absolute atomic E-state index is 5.12. The van der Waals surface area contributed by atoms with Crippen LogP contribution in [0.15, 0.2) is 24.5 Å². The van der Waals surface area contributed by atoms with Crippen molar-refractivity contribution in [3.05, 3.63) is 30.7 Å². The molecule has 10 heavy (non-hydrogen) atoms. The van der Waals surface area contributed by atoms with Crippen molar-refractivity contribution >= 4 is 0 Å². The number of rotatable bonds is 3. The fourth-order valence-electron chi connectivity index (χ4n) is 0.689. The van der Waals surface area contributed by atoms with Crippen molar-refractivity contribution in [2.75, 3.05) is 6.54 Å². The molecule has 1 N–H and O–H groups in total. The number of nitrogens with one attached hydrogen (secondary N) is 1. The van der Waals surface area contributed by atoms with Crippen LogP contribution in [0.1, 0.15) is 13.3 Å². The van der Waals surface area contributed by atoms with Crippen LogP contribution in [-0.2, 0) is 4.74 Å². The SMILES string of the molecule is CCCN[C]1C=CC=CO1. The first-order valence-corrected chi connectivity index (χ1v) is 3.54. The minimum absolute atomic E-state index is 0.837. The van der Waals surface area contributed by atoms with Gasteiger partial charge >= 0.3 is 0 Å². The van der Waals surface area contributed by atoms with E-state index in [1.807, 2.05) is 18.2 Å². The van der Waals surface area contributed by atoms with Gasteiger partial charge in [-0.15, -0.1) is 0 Å². The zero-order valence-corrected chi connectivity index (χ0v) is 6.13. The van der Waals surface area contributed by atoms with Crippen molar-refractivity contribution in [2.45, 2.75) is 13.3 Å². The molecule has 2 nitrogen and oxygen atoms in total. The summed E-state index contributed by atoms with van der Waals surface area (Å²) >= 11 is 0. The average Bonchev–Trinajstić information content (AvgIpc) is 2.03. The van der Waals surface area contributed by atoms with Crippen molar-refractivity contribution in [2.24, 2.45) is 0 Å². The van der Waals surface area contributed by atoms with E-state index in [4.69, 9.17) is 4.74 Å². The molecule has 0 aliphatic carbocycles. The largest absolute Gasteiger partial charge is 0.471 e. The monoisotopic (exact) mass is 138 g/mol. The lowest BCUT2D eigenvalue weighted by Crippen LogP contribution is -2.21. The molecule has 0 amide bonds. The summed E-state index contributed by atoms with van der Waals surface area (Å²) in [4.78, 5) is 0. The Bertz CT molecular complexity index is 140. The molecule has 0 bridgehead atoms. The summed E-state index contributed by atoms with van der Waals surface area (Å²) < 4.78 is 5.12. The predicted octanol–water partition coefficient (Wildman–Crippen LogP) is 1.58. The van der Waals surface area contributed by atoms with Gasteiger partial charge in [-0.25, -0.2) is 0 Å². The van der Waals surface area contributed by atoms with E-state index in [1.165, 1.54) is 0 Å². The Morgan fingerprint density at radius 3 is 3.00 bits per heavy atom. The zero-order valence-electron chi connectivity index (χ0n) is 6.13. The van der Waals surface area contributed by atoms with Crippen molar-refractivity contribution in [3.8, 4) is 0 Å². The molecule has 0 saturated carbocycles. The zero-order chi connectivity index (χ0) is 7.23. The maximum Gasteiger partial charge on any atom is 0.237 e. The van der Waals surface area contributed by atoms with Crippen molar-refractivity contribution < 1.29 is 4.74 Å². The molecule has 1 aliphatic rings. The molecule has 2 heteroatoms. The third kappa shape index (κ3) is 2.23. The van der Waals surface area contributed by atoms with E-state index in [0.717, 1.165) is 19.2 Å². The lowest BCUT2D eigenvalue weighted by Gasteiger charge is -2.13. The van der Waals surface area contributed by atoms with E-state index < -0.39 is 0 Å². The summed E-state index contributed by atoms with van der Waals surface area (Å²) in [7, 11) is 0. The Morgan fingerprint density at radius 1 is 1.50 bits per heavy atom. The van der Waals surface area contributed by atoms with Crippen LogP contribution >= 0.6 is 0 Å². The van der Waals surface area contributed by atoms with E-state index in [2.05, 4.69) is 12.2 Å². The van der Waals surface area contributed by atoms with Crippen LogP contribution < -0.4 is 5.32 Å². The highest BCUT2D eigenvalue weighted by Crippen LogP contribution is 2.05. The van der Waals surface area contributed by atoms with Crippen LogP contribution in [-0.4, -0.2) is 6.54 Å². The number of allylic oxidation sites excluding steroid dienone is 2. The van der Waals surface area contributed by atoms with Crippen LogP contribution in [0.3, 0.4) is 0 Å². The van der Waals surface area contributed by atoms with Crippen LogP contribution in [0.4, 0.5) is 0 Å². The molecule has 0 unspecified atom stereocenters. The highest BCUT2D eigenvalue weighted by Gasteiger charge is 2.04. The molecule has 0 spiro atoms. The van der Waals surface area contributed by atoms with Gasteiger partial charge in [-0.1, -0.05) is 13.0 Å². The molecule has 0 saturated heterocycles. The molecule has 0 atom stereocenters. The molecule has 0 aromatic heterocycles. The molecule has 1 aliphatic heterocycles. The summed E-state index contributed by atoms with van der Waals surface area (Å²) in [6.45, 7) is 3.09. The van der Waals surface area contributed by atoms with Gasteiger partial charge in [-0.05, 0) is 25.1 Å². The van der Waals surface area contributed by atoms with E-state index in [9.17, 15) is 0 Å². The van der Waals surface area contributed by atoms with Gasteiger partial charge in [0, 0.05) is 0 Å². The van der Waals surface area contributed by atoms with E-state index in [1.54, 1.807) is 6.26 Å². The molecule has 1 radical (unpaired) electrons. The number of hydrogen-bond acceptors (Lipinski definition) is 2. The lowest BCUT2D eigenvalue weighted by molar-refractivity contribution is 0.248. The lowest BCUT2D eigenvalue weighted by atomic mass is 10.4. The Hall–Kier alpha value is -0.760. The van der Waals surface area contributed by atoms with Crippen LogP contribution in [0.25, 0.3) is 0 Å². The summed E-state index contributed by atoms with van der Waals surface area (Å²) in [6, 6.07) is 0. The third-order valence-electron chi connectivity index (χ3n) is 1.18. The highest BCUT2D eigenvalue weighted by atomic mass is 16.5. The first kappa shape index (κ1) is 7.35.